The lowest BCUT2D eigenvalue weighted by atomic mass is 9.46. The van der Waals surface area contributed by atoms with Crippen molar-refractivity contribution in [1.29, 1.82) is 0 Å². The molecule has 1 heterocycles. The number of Topliss-reactive ketones (excluding diaryl/α,β-unsaturated/α-hetero) is 1. The lowest BCUT2D eigenvalue weighted by molar-refractivity contribution is -0.156. The summed E-state index contributed by atoms with van der Waals surface area (Å²) in [6.07, 6.45) is 11.2. The van der Waals surface area contributed by atoms with Gasteiger partial charge in [-0.1, -0.05) is 62.8 Å². The van der Waals surface area contributed by atoms with Crippen molar-refractivity contribution in [2.75, 3.05) is 18.5 Å². The monoisotopic (exact) mass is 775 g/mol. The highest BCUT2D eigenvalue weighted by molar-refractivity contribution is 6.01. The van der Waals surface area contributed by atoms with Crippen LogP contribution in [-0.2, 0) is 40.1 Å². The summed E-state index contributed by atoms with van der Waals surface area (Å²) in [6, 6.07) is 14.8. The summed E-state index contributed by atoms with van der Waals surface area (Å²) in [4.78, 5) is 68.6. The summed E-state index contributed by atoms with van der Waals surface area (Å²) in [5.41, 5.74) is 8.32. The van der Waals surface area contributed by atoms with E-state index in [0.29, 0.717) is 25.1 Å². The maximum Gasteiger partial charge on any atom is 0.306 e. The van der Waals surface area contributed by atoms with Crippen LogP contribution in [0.1, 0.15) is 82.8 Å². The first kappa shape index (κ1) is 40.2. The molecule has 3 unspecified atom stereocenters. The lowest BCUT2D eigenvalue weighted by Crippen LogP contribution is -2.56. The number of nitrogens with one attached hydrogen (secondary N) is 1. The van der Waals surface area contributed by atoms with E-state index in [0.717, 1.165) is 46.7 Å². The number of hydrogen-bond donors (Lipinski definition) is 3. The average molecular weight is 776 g/mol. The Labute approximate surface area is 333 Å². The molecule has 4 aliphatic carbocycles. The molecule has 0 saturated heterocycles. The van der Waals surface area contributed by atoms with Gasteiger partial charge in [0.15, 0.2) is 11.6 Å². The number of hydrogen-bond acceptors (Lipinski definition) is 10. The first-order chi connectivity index (χ1) is 27.3. The third-order valence-electron chi connectivity index (χ3n) is 13.6. The van der Waals surface area contributed by atoms with Crippen LogP contribution in [0.15, 0.2) is 84.7 Å². The van der Waals surface area contributed by atoms with Gasteiger partial charge in [0.2, 0.25) is 5.91 Å². The first-order valence-electron chi connectivity index (χ1n) is 20.2. The number of allylic oxidation sites excluding steroid dienone is 4. The summed E-state index contributed by atoms with van der Waals surface area (Å²) in [6.45, 7) is 6.26. The Morgan fingerprint density at radius 1 is 1.02 bits per heavy atom. The minimum Gasteiger partial charge on any atom is -0.461 e. The van der Waals surface area contributed by atoms with Crippen LogP contribution in [0.3, 0.4) is 0 Å². The zero-order valence-electron chi connectivity index (χ0n) is 32.9. The average Bonchev–Trinajstić information content (AvgIpc) is 3.46. The van der Waals surface area contributed by atoms with E-state index < -0.39 is 29.4 Å². The van der Waals surface area contributed by atoms with Gasteiger partial charge < -0.3 is 25.6 Å². The summed E-state index contributed by atoms with van der Waals surface area (Å²) >= 11 is 0. The van der Waals surface area contributed by atoms with Crippen molar-refractivity contribution in [2.45, 2.75) is 84.3 Å². The second-order valence-corrected chi connectivity index (χ2v) is 17.1. The number of aromatic nitrogens is 1. The van der Waals surface area contributed by atoms with Crippen molar-refractivity contribution < 1.29 is 38.6 Å². The Morgan fingerprint density at radius 3 is 2.53 bits per heavy atom. The molecule has 3 aromatic rings. The third kappa shape index (κ3) is 8.09. The molecule has 1 aromatic heterocycles. The van der Waals surface area contributed by atoms with Gasteiger partial charge >= 0.3 is 11.9 Å². The van der Waals surface area contributed by atoms with Crippen LogP contribution < -0.4 is 11.1 Å². The smallest absolute Gasteiger partial charge is 0.306 e. The molecule has 7 rings (SSSR count). The van der Waals surface area contributed by atoms with Crippen LogP contribution in [0, 0.1) is 40.4 Å². The largest absolute Gasteiger partial charge is 0.461 e. The van der Waals surface area contributed by atoms with E-state index in [1.807, 2.05) is 42.5 Å². The Hall–Kier alpha value is -5.00. The third-order valence-corrected chi connectivity index (χ3v) is 13.6. The minimum absolute atomic E-state index is 0.00157. The van der Waals surface area contributed by atoms with E-state index in [-0.39, 0.29) is 78.5 Å². The standard InChI is InChI=1S/C46H53N3O8/c1-27-20-37-36-11-9-32-22-34(50)14-17-45(32,2)43(36)38(51)23-46(37,3)42(27)39(52)26-57-41(54)13-12-40(53)56-25-28-4-6-29(7-5-28)35(15-18-47)44(55)49-33-10-8-31-24-48-19-16-30(31)21-33/h4-8,10,14,16-17,19,21-22,24,27,35-38,42-43,51H,9,11-13,15,18,20,23,25-26,47H2,1-3H3,(H,49,55)/t27-,35?,36+,37?,38+,42-,43?,45+,46+/m1/s1. The maximum absolute atomic E-state index is 13.7. The lowest BCUT2D eigenvalue weighted by Gasteiger charge is -2.58. The summed E-state index contributed by atoms with van der Waals surface area (Å²) in [5, 5.41) is 16.6. The predicted octanol–water partition coefficient (Wildman–Crippen LogP) is 6.38. The summed E-state index contributed by atoms with van der Waals surface area (Å²) in [7, 11) is 0. The predicted molar refractivity (Wildman–Crippen MR) is 214 cm³/mol. The van der Waals surface area contributed by atoms with Crippen LogP contribution in [0.5, 0.6) is 0 Å². The highest BCUT2D eigenvalue weighted by Crippen LogP contribution is 2.67. The van der Waals surface area contributed by atoms with Crippen LogP contribution in [-0.4, -0.2) is 58.8 Å². The molecule has 9 atom stereocenters. The highest BCUT2D eigenvalue weighted by atomic mass is 16.5. The van der Waals surface area contributed by atoms with Gasteiger partial charge in [0.25, 0.3) is 0 Å². The number of aliphatic hydroxyl groups excluding tert-OH is 1. The second kappa shape index (κ2) is 16.5. The van der Waals surface area contributed by atoms with Gasteiger partial charge in [-0.15, -0.1) is 0 Å². The quantitative estimate of drug-likeness (QED) is 0.165. The molecule has 3 saturated carbocycles. The van der Waals surface area contributed by atoms with Gasteiger partial charge in [-0.25, -0.2) is 0 Å². The fourth-order valence-electron chi connectivity index (χ4n) is 11.0. The second-order valence-electron chi connectivity index (χ2n) is 17.1. The molecule has 2 aromatic carbocycles. The van der Waals surface area contributed by atoms with Gasteiger partial charge in [0, 0.05) is 40.7 Å². The number of rotatable bonds is 13. The van der Waals surface area contributed by atoms with Crippen LogP contribution in [0.4, 0.5) is 5.69 Å². The SMILES string of the molecule is C[C@@H]1CC2[C@@H]3CCC4=CC(=O)C=C[C@]4(C)C3[C@@H](O)C[C@]2(C)[C@H]1C(=O)COC(=O)CCC(=O)OCc1ccc(C(CCN)C(=O)Nc2ccc3cnccc3c2)cc1. The number of nitrogens with zero attached hydrogens (tertiary/aromatic N) is 1. The number of amides is 1. The fourth-order valence-corrected chi connectivity index (χ4v) is 11.0. The van der Waals surface area contributed by atoms with Gasteiger partial charge in [-0.2, -0.15) is 0 Å². The van der Waals surface area contributed by atoms with Gasteiger partial charge in [0.1, 0.15) is 13.2 Å². The molecule has 0 radical (unpaired) electrons. The van der Waals surface area contributed by atoms with Crippen LogP contribution in [0.25, 0.3) is 10.8 Å². The molecule has 11 nitrogen and oxygen atoms in total. The molecule has 0 aliphatic heterocycles. The number of ether oxygens (including phenoxy) is 2. The fraction of sp³-hybridized carbons (Fsp3) is 0.478. The number of anilines is 1. The van der Waals surface area contributed by atoms with E-state index in [1.54, 1.807) is 36.7 Å². The number of nitrogens with two attached hydrogens (primary N) is 1. The Morgan fingerprint density at radius 2 is 1.77 bits per heavy atom. The molecule has 4 aliphatic rings. The molecule has 0 bridgehead atoms. The molecule has 300 valence electrons. The van der Waals surface area contributed by atoms with Crippen LogP contribution >= 0.6 is 0 Å². The van der Waals surface area contributed by atoms with E-state index in [4.69, 9.17) is 15.2 Å². The van der Waals surface area contributed by atoms with E-state index in [9.17, 15) is 29.1 Å². The zero-order chi connectivity index (χ0) is 40.5. The first-order valence-corrected chi connectivity index (χ1v) is 20.2. The minimum atomic E-state index is -0.649. The van der Waals surface area contributed by atoms with Crippen molar-refractivity contribution in [3.63, 3.8) is 0 Å². The maximum atomic E-state index is 13.7. The van der Waals surface area contributed by atoms with E-state index in [1.165, 1.54) is 0 Å². The Kier molecular flexibility index (Phi) is 11.6. The molecular weight excluding hydrogens is 723 g/mol. The van der Waals surface area contributed by atoms with E-state index in [2.05, 4.69) is 31.1 Å². The number of pyridine rings is 1. The number of carbonyl (C=O) groups is 5. The van der Waals surface area contributed by atoms with Gasteiger partial charge in [-0.05, 0) is 109 Å². The molecule has 11 heteroatoms. The normalized spacial score (nSPS) is 29.4. The van der Waals surface area contributed by atoms with Crippen molar-refractivity contribution in [2.24, 2.45) is 46.2 Å². The van der Waals surface area contributed by atoms with Crippen molar-refractivity contribution >= 4 is 45.9 Å². The number of esters is 2. The molecule has 1 amide bonds. The molecule has 3 fully saturated rings. The van der Waals surface area contributed by atoms with E-state index >= 15 is 0 Å². The number of ketones is 2. The number of carbonyl (C=O) groups excluding carboxylic acids is 5. The summed E-state index contributed by atoms with van der Waals surface area (Å²) < 4.78 is 10.8. The number of benzene rings is 2. The van der Waals surface area contributed by atoms with Crippen molar-refractivity contribution in [3.05, 3.63) is 95.9 Å². The topological polar surface area (TPSA) is 175 Å². The molecule has 0 spiro atoms. The number of fused-ring (bicyclic) bond motifs is 6. The Bertz CT molecular complexity index is 2110. The Balaban J connectivity index is 0.869. The van der Waals surface area contributed by atoms with Crippen LogP contribution in [0.2, 0.25) is 0 Å². The van der Waals surface area contributed by atoms with Crippen molar-refractivity contribution in [3.8, 4) is 0 Å². The zero-order valence-corrected chi connectivity index (χ0v) is 32.9. The van der Waals surface area contributed by atoms with Gasteiger partial charge in [0.05, 0.1) is 24.9 Å². The number of aliphatic hydroxyl groups is 1. The molecular formula is C46H53N3O8. The molecule has 4 N–H and O–H groups in total. The van der Waals surface area contributed by atoms with Gasteiger partial charge in [-0.3, -0.25) is 29.0 Å². The summed E-state index contributed by atoms with van der Waals surface area (Å²) in [5.74, 6) is -1.91. The van der Waals surface area contributed by atoms with Crippen molar-refractivity contribution in [1.82, 2.24) is 4.98 Å². The highest BCUT2D eigenvalue weighted by Gasteiger charge is 2.64. The molecule has 57 heavy (non-hydrogen) atoms.